The number of nitrogens with zero attached hydrogens (tertiary/aromatic N) is 2. The van der Waals surface area contributed by atoms with Gasteiger partial charge in [0.1, 0.15) is 5.69 Å². The zero-order valence-electron chi connectivity index (χ0n) is 14.7. The lowest BCUT2D eigenvalue weighted by Gasteiger charge is -2.26. The average molecular weight is 440 g/mol. The molecule has 0 unspecified atom stereocenters. The standard InChI is InChI=1S/C20H14BrN3O4/c1-2-23-19(25)14-5-3-4-13-17(14)15(20(23)26)10-16(24(27)28)18(13)22-12-8-6-11(21)7-9-12/h3-10,22H,2H2,1H3. The summed E-state index contributed by atoms with van der Waals surface area (Å²) in [5, 5.41) is 15.7. The summed E-state index contributed by atoms with van der Waals surface area (Å²) in [6, 6.07) is 13.4. The molecular formula is C20H14BrN3O4. The summed E-state index contributed by atoms with van der Waals surface area (Å²) in [5.41, 5.74) is 1.21. The van der Waals surface area contributed by atoms with Crippen LogP contribution >= 0.6 is 15.9 Å². The number of nitro groups is 1. The van der Waals surface area contributed by atoms with E-state index >= 15 is 0 Å². The number of hydrogen-bond acceptors (Lipinski definition) is 5. The summed E-state index contributed by atoms with van der Waals surface area (Å²) in [6.07, 6.45) is 0. The number of carbonyl (C=O) groups is 2. The van der Waals surface area contributed by atoms with E-state index < -0.39 is 16.7 Å². The third kappa shape index (κ3) is 2.73. The number of rotatable bonds is 4. The van der Waals surface area contributed by atoms with E-state index in [4.69, 9.17) is 0 Å². The number of carbonyl (C=O) groups excluding carboxylic acids is 2. The van der Waals surface area contributed by atoms with Crippen molar-refractivity contribution in [1.29, 1.82) is 0 Å². The zero-order valence-corrected chi connectivity index (χ0v) is 16.3. The molecule has 140 valence electrons. The van der Waals surface area contributed by atoms with E-state index in [1.165, 1.54) is 6.07 Å². The van der Waals surface area contributed by atoms with Crippen molar-refractivity contribution in [2.45, 2.75) is 6.92 Å². The predicted molar refractivity (Wildman–Crippen MR) is 109 cm³/mol. The summed E-state index contributed by atoms with van der Waals surface area (Å²) in [7, 11) is 0. The van der Waals surface area contributed by atoms with Crippen molar-refractivity contribution in [3.8, 4) is 0 Å². The zero-order chi connectivity index (χ0) is 20.0. The van der Waals surface area contributed by atoms with Crippen LogP contribution in [-0.2, 0) is 0 Å². The van der Waals surface area contributed by atoms with Gasteiger partial charge in [0, 0.05) is 39.1 Å². The Kier molecular flexibility index (Phi) is 4.35. The number of anilines is 2. The van der Waals surface area contributed by atoms with Gasteiger partial charge in [-0.3, -0.25) is 24.6 Å². The van der Waals surface area contributed by atoms with E-state index in [0.29, 0.717) is 22.0 Å². The monoisotopic (exact) mass is 439 g/mol. The second-order valence-corrected chi connectivity index (χ2v) is 7.21. The van der Waals surface area contributed by atoms with Crippen LogP contribution in [0, 0.1) is 10.1 Å². The molecule has 0 saturated carbocycles. The van der Waals surface area contributed by atoms with Crippen LogP contribution < -0.4 is 5.32 Å². The molecule has 1 heterocycles. The molecule has 0 radical (unpaired) electrons. The summed E-state index contributed by atoms with van der Waals surface area (Å²) in [5.74, 6) is -0.913. The highest BCUT2D eigenvalue weighted by Gasteiger charge is 2.35. The van der Waals surface area contributed by atoms with Crippen molar-refractivity contribution < 1.29 is 14.5 Å². The van der Waals surface area contributed by atoms with Gasteiger partial charge in [-0.15, -0.1) is 0 Å². The first kappa shape index (κ1) is 18.1. The number of hydrogen-bond donors (Lipinski definition) is 1. The second-order valence-electron chi connectivity index (χ2n) is 6.29. The van der Waals surface area contributed by atoms with Gasteiger partial charge in [0.15, 0.2) is 0 Å². The molecular weight excluding hydrogens is 426 g/mol. The van der Waals surface area contributed by atoms with Crippen LogP contribution in [0.4, 0.5) is 17.1 Å². The summed E-state index contributed by atoms with van der Waals surface area (Å²) in [4.78, 5) is 37.8. The van der Waals surface area contributed by atoms with Crippen molar-refractivity contribution in [3.05, 3.63) is 74.2 Å². The Balaban J connectivity index is 2.02. The fourth-order valence-corrected chi connectivity index (χ4v) is 3.70. The van der Waals surface area contributed by atoms with Crippen LogP contribution in [0.15, 0.2) is 53.0 Å². The Bertz CT molecular complexity index is 1160. The fraction of sp³-hybridized carbons (Fsp3) is 0.100. The highest BCUT2D eigenvalue weighted by molar-refractivity contribution is 9.10. The first-order chi connectivity index (χ1) is 13.4. The van der Waals surface area contributed by atoms with Crippen LogP contribution in [-0.4, -0.2) is 28.2 Å². The minimum absolute atomic E-state index is 0.167. The summed E-state index contributed by atoms with van der Waals surface area (Å²) >= 11 is 3.35. The molecule has 0 aromatic heterocycles. The third-order valence-electron chi connectivity index (χ3n) is 4.72. The summed E-state index contributed by atoms with van der Waals surface area (Å²) in [6.45, 7) is 1.89. The molecule has 0 fully saturated rings. The van der Waals surface area contributed by atoms with E-state index in [1.54, 1.807) is 37.3 Å². The number of nitrogens with one attached hydrogen (secondary N) is 1. The maximum atomic E-state index is 12.8. The number of amides is 2. The highest BCUT2D eigenvalue weighted by Crippen LogP contribution is 2.41. The Morgan fingerprint density at radius 3 is 2.39 bits per heavy atom. The quantitative estimate of drug-likeness (QED) is 0.355. The van der Waals surface area contributed by atoms with E-state index in [-0.39, 0.29) is 23.5 Å². The molecule has 0 spiro atoms. The van der Waals surface area contributed by atoms with Crippen LogP contribution in [0.3, 0.4) is 0 Å². The van der Waals surface area contributed by atoms with Crippen LogP contribution in [0.5, 0.6) is 0 Å². The lowest BCUT2D eigenvalue weighted by Crippen LogP contribution is -2.40. The Labute approximate surface area is 168 Å². The van der Waals surface area contributed by atoms with Gasteiger partial charge < -0.3 is 5.32 Å². The van der Waals surface area contributed by atoms with Crippen molar-refractivity contribution in [2.24, 2.45) is 0 Å². The smallest absolute Gasteiger partial charge is 0.294 e. The van der Waals surface area contributed by atoms with E-state index in [9.17, 15) is 19.7 Å². The maximum Gasteiger partial charge on any atom is 0.294 e. The first-order valence-electron chi connectivity index (χ1n) is 8.55. The van der Waals surface area contributed by atoms with Crippen molar-refractivity contribution >= 4 is 55.6 Å². The Morgan fingerprint density at radius 2 is 1.75 bits per heavy atom. The van der Waals surface area contributed by atoms with Crippen LogP contribution in [0.1, 0.15) is 27.6 Å². The van der Waals surface area contributed by atoms with Gasteiger partial charge in [0.2, 0.25) is 0 Å². The van der Waals surface area contributed by atoms with Crippen molar-refractivity contribution in [2.75, 3.05) is 11.9 Å². The molecule has 1 aliphatic rings. The molecule has 0 atom stereocenters. The lowest BCUT2D eigenvalue weighted by atomic mass is 9.92. The van der Waals surface area contributed by atoms with Gasteiger partial charge >= 0.3 is 0 Å². The molecule has 4 rings (SSSR count). The second kappa shape index (κ2) is 6.72. The number of benzene rings is 3. The third-order valence-corrected chi connectivity index (χ3v) is 5.25. The number of imide groups is 1. The minimum atomic E-state index is -0.524. The predicted octanol–water partition coefficient (Wildman–Crippen LogP) is 4.87. The SMILES string of the molecule is CCN1C(=O)c2cccc3c(Nc4ccc(Br)cc4)c([N+](=O)[O-])cc(c23)C1=O. The molecule has 1 aliphatic heterocycles. The van der Waals surface area contributed by atoms with Crippen molar-refractivity contribution in [3.63, 3.8) is 0 Å². The van der Waals surface area contributed by atoms with Gasteiger partial charge in [-0.25, -0.2) is 0 Å². The Morgan fingerprint density at radius 1 is 1.07 bits per heavy atom. The van der Waals surface area contributed by atoms with E-state index in [0.717, 1.165) is 9.37 Å². The minimum Gasteiger partial charge on any atom is -0.349 e. The highest BCUT2D eigenvalue weighted by atomic mass is 79.9. The van der Waals surface area contributed by atoms with Gasteiger partial charge in [0.05, 0.1) is 10.5 Å². The molecule has 28 heavy (non-hydrogen) atoms. The van der Waals surface area contributed by atoms with Gasteiger partial charge in [0.25, 0.3) is 17.5 Å². The average Bonchev–Trinajstić information content (AvgIpc) is 2.68. The fourth-order valence-electron chi connectivity index (χ4n) is 3.44. The van der Waals surface area contributed by atoms with Gasteiger partial charge in [-0.2, -0.15) is 0 Å². The molecule has 1 N–H and O–H groups in total. The first-order valence-corrected chi connectivity index (χ1v) is 9.34. The Hall–Kier alpha value is -3.26. The molecule has 3 aromatic rings. The van der Waals surface area contributed by atoms with Crippen LogP contribution in [0.25, 0.3) is 10.8 Å². The maximum absolute atomic E-state index is 12.8. The molecule has 2 amide bonds. The number of halogens is 1. The molecule has 0 bridgehead atoms. The topological polar surface area (TPSA) is 92.6 Å². The van der Waals surface area contributed by atoms with E-state index in [2.05, 4.69) is 21.2 Å². The van der Waals surface area contributed by atoms with Gasteiger partial charge in [-0.1, -0.05) is 28.1 Å². The van der Waals surface area contributed by atoms with Crippen molar-refractivity contribution in [1.82, 2.24) is 4.90 Å². The lowest BCUT2D eigenvalue weighted by molar-refractivity contribution is -0.383. The number of nitro benzene ring substituents is 1. The molecule has 3 aromatic carbocycles. The largest absolute Gasteiger partial charge is 0.349 e. The molecule has 7 nitrogen and oxygen atoms in total. The normalized spacial score (nSPS) is 13.1. The molecule has 8 heteroatoms. The molecule has 0 aliphatic carbocycles. The molecule has 0 saturated heterocycles. The van der Waals surface area contributed by atoms with Crippen LogP contribution in [0.2, 0.25) is 0 Å². The van der Waals surface area contributed by atoms with E-state index in [1.807, 2.05) is 12.1 Å². The van der Waals surface area contributed by atoms with Gasteiger partial charge in [-0.05, 0) is 37.3 Å². The summed E-state index contributed by atoms with van der Waals surface area (Å²) < 4.78 is 0.875.